The van der Waals surface area contributed by atoms with Crippen LogP contribution in [0, 0.1) is 11.3 Å². The summed E-state index contributed by atoms with van der Waals surface area (Å²) < 4.78 is 13.5. The fourth-order valence-corrected chi connectivity index (χ4v) is 8.72. The van der Waals surface area contributed by atoms with E-state index >= 15 is 0 Å². The maximum absolute atomic E-state index is 7.91. The molecular weight excluding hydrogens is 538 g/mol. The summed E-state index contributed by atoms with van der Waals surface area (Å²) in [6, 6.07) is 0. The summed E-state index contributed by atoms with van der Waals surface area (Å²) in [5.74, 6) is 2.46. The lowest BCUT2D eigenvalue weighted by Crippen LogP contribution is -2.39. The second-order valence-corrected chi connectivity index (χ2v) is 13.4. The van der Waals surface area contributed by atoms with Crippen molar-refractivity contribution in [3.8, 4) is 0 Å². The third kappa shape index (κ3) is 4.19. The van der Waals surface area contributed by atoms with Crippen molar-refractivity contribution in [2.75, 3.05) is 0 Å². The van der Waals surface area contributed by atoms with E-state index in [1.807, 2.05) is 0 Å². The van der Waals surface area contributed by atoms with Crippen LogP contribution in [0.4, 0.5) is 0 Å². The third-order valence-corrected chi connectivity index (χ3v) is 10.9. The van der Waals surface area contributed by atoms with E-state index in [0.717, 1.165) is 99.6 Å². The largest absolute Gasteiger partial charge is 0.485 e. The molecule has 44 heavy (non-hydrogen) atoms. The monoisotopic (exact) mass is 577 g/mol. The molecule has 3 nitrogen and oxygen atoms in total. The van der Waals surface area contributed by atoms with Gasteiger partial charge in [0.05, 0.1) is 0 Å². The van der Waals surface area contributed by atoms with E-state index < -0.39 is 0 Å². The van der Waals surface area contributed by atoms with Crippen LogP contribution in [0.5, 0.6) is 0 Å². The van der Waals surface area contributed by atoms with Gasteiger partial charge in [0.1, 0.15) is 23.0 Å². The Kier molecular flexibility index (Phi) is 6.28. The molecule has 0 bridgehead atoms. The van der Waals surface area contributed by atoms with Crippen molar-refractivity contribution in [1.29, 1.82) is 5.41 Å². The van der Waals surface area contributed by atoms with Crippen LogP contribution < -0.4 is 10.6 Å². The fraction of sp³-hybridized carbons (Fsp3) is 0.341. The van der Waals surface area contributed by atoms with Crippen LogP contribution in [0.2, 0.25) is 0 Å². The van der Waals surface area contributed by atoms with Crippen molar-refractivity contribution in [3.05, 3.63) is 133 Å². The Morgan fingerprint density at radius 3 is 2.43 bits per heavy atom. The van der Waals surface area contributed by atoms with Gasteiger partial charge in [-0.25, -0.2) is 0 Å². The van der Waals surface area contributed by atoms with Crippen molar-refractivity contribution in [2.24, 2.45) is 5.92 Å². The molecule has 7 aliphatic carbocycles. The number of hydrogen-bond acceptors (Lipinski definition) is 3. The summed E-state index contributed by atoms with van der Waals surface area (Å²) in [4.78, 5) is 0. The van der Waals surface area contributed by atoms with Gasteiger partial charge in [0.15, 0.2) is 0 Å². The van der Waals surface area contributed by atoms with Gasteiger partial charge in [0, 0.05) is 28.5 Å². The van der Waals surface area contributed by atoms with Gasteiger partial charge in [-0.2, -0.15) is 0 Å². The van der Waals surface area contributed by atoms with Gasteiger partial charge < -0.3 is 14.6 Å². The van der Waals surface area contributed by atoms with Gasteiger partial charge in [-0.15, -0.1) is 0 Å². The second-order valence-electron chi connectivity index (χ2n) is 13.4. The molecule has 3 heteroatoms. The molecule has 1 N–H and O–H groups in total. The zero-order valence-corrected chi connectivity index (χ0v) is 25.4. The lowest BCUT2D eigenvalue weighted by molar-refractivity contribution is 0.182. The lowest BCUT2D eigenvalue weighted by atomic mass is 9.75. The Labute approximate surface area is 259 Å². The Morgan fingerprint density at radius 1 is 0.727 bits per heavy atom. The van der Waals surface area contributed by atoms with E-state index in [0.29, 0.717) is 5.92 Å². The molecule has 1 aliphatic heterocycles. The predicted molar refractivity (Wildman–Crippen MR) is 178 cm³/mol. The minimum absolute atomic E-state index is 0.0153. The molecule has 2 heterocycles. The summed E-state index contributed by atoms with van der Waals surface area (Å²) in [6.07, 6.45) is 40.2. The van der Waals surface area contributed by atoms with Gasteiger partial charge in [-0.3, -0.25) is 0 Å². The molecule has 0 fully saturated rings. The van der Waals surface area contributed by atoms with Crippen molar-refractivity contribution >= 4 is 23.9 Å². The van der Waals surface area contributed by atoms with Gasteiger partial charge in [-0.05, 0) is 139 Å². The Balaban J connectivity index is 1.09. The topological polar surface area (TPSA) is 46.2 Å². The molecule has 0 amide bonds. The molecule has 0 radical (unpaired) electrons. The highest BCUT2D eigenvalue weighted by molar-refractivity contribution is 5.86. The molecule has 0 saturated heterocycles. The highest BCUT2D eigenvalue weighted by Crippen LogP contribution is 2.47. The van der Waals surface area contributed by atoms with Gasteiger partial charge in [0.25, 0.3) is 0 Å². The Hall–Kier alpha value is -4.11. The van der Waals surface area contributed by atoms with Gasteiger partial charge in [0.2, 0.25) is 0 Å². The summed E-state index contributed by atoms with van der Waals surface area (Å²) in [7, 11) is 0. The minimum Gasteiger partial charge on any atom is -0.485 e. The molecule has 1 aromatic heterocycles. The van der Waals surface area contributed by atoms with Crippen molar-refractivity contribution < 1.29 is 9.15 Å². The first-order valence-electron chi connectivity index (χ1n) is 16.8. The standard InChI is InChI=1S/C41H39NO2/c42-24-31-8-1-2-11-32(31)29-10-7-9-25(21-29)26-16-17-28-22-30(19-18-27(28)20-26)39-40-35(33-12-3-5-14-37(33)43-40)23-36-34-13-4-6-15-38(34)44-41(36)39/h5-6,8,10-11,14-15,20-24,35,40,42H,1-4,7,9,12-13,16-19H2. The number of allylic oxidation sites excluding steroid dienone is 16. The number of hydrogen-bond donors (Lipinski definition) is 1. The summed E-state index contributed by atoms with van der Waals surface area (Å²) in [5.41, 5.74) is 16.3. The molecular formula is C41H39NO2. The van der Waals surface area contributed by atoms with Crippen LogP contribution in [-0.4, -0.2) is 12.3 Å². The van der Waals surface area contributed by atoms with Crippen LogP contribution >= 0.6 is 0 Å². The first kappa shape index (κ1) is 26.3. The first-order chi connectivity index (χ1) is 21.7. The van der Waals surface area contributed by atoms with Crippen LogP contribution in [-0.2, 0) is 11.2 Å². The van der Waals surface area contributed by atoms with Crippen LogP contribution in [0.1, 0.15) is 82.0 Å². The first-order valence-corrected chi connectivity index (χ1v) is 16.8. The van der Waals surface area contributed by atoms with Crippen molar-refractivity contribution in [2.45, 2.75) is 83.2 Å². The lowest BCUT2D eigenvalue weighted by Gasteiger charge is -2.30. The predicted octanol–water partition coefficient (Wildman–Crippen LogP) is 8.48. The van der Waals surface area contributed by atoms with E-state index in [1.54, 1.807) is 0 Å². The Bertz CT molecular complexity index is 1950. The average Bonchev–Trinajstić information content (AvgIpc) is 3.65. The normalized spacial score (nSPS) is 26.9. The fourth-order valence-electron chi connectivity index (χ4n) is 8.72. The van der Waals surface area contributed by atoms with Gasteiger partial charge >= 0.3 is 0 Å². The highest BCUT2D eigenvalue weighted by atomic mass is 16.5. The van der Waals surface area contributed by atoms with E-state index in [2.05, 4.69) is 66.8 Å². The second kappa shape index (κ2) is 10.5. The summed E-state index contributed by atoms with van der Waals surface area (Å²) >= 11 is 0. The smallest absolute Gasteiger partial charge is 0.141 e. The van der Waals surface area contributed by atoms with E-state index in [1.165, 1.54) is 67.2 Å². The number of furan rings is 1. The number of rotatable bonds is 4. The quantitative estimate of drug-likeness (QED) is 0.365. The van der Waals surface area contributed by atoms with Crippen LogP contribution in [0.25, 0.3) is 17.7 Å². The molecule has 2 atom stereocenters. The molecule has 220 valence electrons. The minimum atomic E-state index is 0.0153. The Morgan fingerprint density at radius 2 is 1.52 bits per heavy atom. The summed E-state index contributed by atoms with van der Waals surface area (Å²) in [5, 5.41) is 9.24. The van der Waals surface area contributed by atoms with E-state index in [9.17, 15) is 0 Å². The molecule has 2 unspecified atom stereocenters. The van der Waals surface area contributed by atoms with Gasteiger partial charge in [-0.1, -0.05) is 54.7 Å². The zero-order valence-electron chi connectivity index (χ0n) is 25.4. The SMILES string of the molecule is N=CC1=CCCC=C1C1=CCCC(C2=CC3=C(C=C(C4=c5oc6c(c5=CC5C7=C(C=CCC7)OC45)CCC=C6)CC3)CC2)=C1. The van der Waals surface area contributed by atoms with Crippen LogP contribution in [0.3, 0.4) is 0 Å². The van der Waals surface area contributed by atoms with Crippen molar-refractivity contribution in [1.82, 2.24) is 0 Å². The molecule has 0 saturated carbocycles. The highest BCUT2D eigenvalue weighted by Gasteiger charge is 2.42. The third-order valence-electron chi connectivity index (χ3n) is 10.9. The van der Waals surface area contributed by atoms with E-state index in [-0.39, 0.29) is 6.10 Å². The maximum atomic E-state index is 7.91. The molecule has 1 aromatic rings. The van der Waals surface area contributed by atoms with Crippen LogP contribution in [0.15, 0.2) is 115 Å². The number of fused-ring (bicyclic) bond motifs is 5. The molecule has 9 rings (SSSR count). The molecule has 0 aromatic carbocycles. The molecule has 8 aliphatic rings. The molecule has 0 spiro atoms. The number of ether oxygens (including phenoxy) is 1. The average molecular weight is 578 g/mol. The maximum Gasteiger partial charge on any atom is 0.141 e. The summed E-state index contributed by atoms with van der Waals surface area (Å²) in [6.45, 7) is 0. The zero-order chi connectivity index (χ0) is 29.2. The number of nitrogens with one attached hydrogen (secondary N) is 1. The van der Waals surface area contributed by atoms with E-state index in [4.69, 9.17) is 14.6 Å². The van der Waals surface area contributed by atoms with Crippen molar-refractivity contribution in [3.63, 3.8) is 0 Å².